The van der Waals surface area contributed by atoms with Gasteiger partial charge in [-0.25, -0.2) is 0 Å². The minimum Gasteiger partial charge on any atom is -0.353 e. The minimum atomic E-state index is -0.246. The third kappa shape index (κ3) is 3.04. The minimum absolute atomic E-state index is 0.0625. The topological polar surface area (TPSA) is 41.1 Å². The van der Waals surface area contributed by atoms with Crippen LogP contribution in [0.5, 0.6) is 0 Å². The van der Waals surface area contributed by atoms with E-state index in [1.807, 2.05) is 0 Å². The molecule has 0 saturated heterocycles. The van der Waals surface area contributed by atoms with E-state index in [0.29, 0.717) is 11.3 Å². The molecule has 2 aliphatic rings. The highest BCUT2D eigenvalue weighted by atomic mass is 32.1. The number of nitrogens with one attached hydrogen (secondary N) is 2. The molecule has 0 bridgehead atoms. The molecule has 3 nitrogen and oxygen atoms in total. The van der Waals surface area contributed by atoms with E-state index in [2.05, 4.69) is 86.0 Å². The molecule has 2 heterocycles. The van der Waals surface area contributed by atoms with Gasteiger partial charge >= 0.3 is 0 Å². The van der Waals surface area contributed by atoms with E-state index in [1.165, 1.54) is 32.0 Å². The predicted octanol–water partition coefficient (Wildman–Crippen LogP) is 7.06. The van der Waals surface area contributed by atoms with E-state index < -0.39 is 0 Å². The van der Waals surface area contributed by atoms with Gasteiger partial charge in [0.15, 0.2) is 0 Å². The standard InChI is InChI=1S/C28H28N2OS/c1-28(2,3)18-12-13-21-22(15-18)32-27-24(21)26(31)29-25(30-27)23-19-10-6-4-8-16(19)14-17-9-5-7-11-20(17)23/h4-11,14,18,25,30H,12-13,15H2,1-3H3,(H,29,31)/t18-,25+/m0/s1. The normalized spacial score (nSPS) is 20.5. The maximum Gasteiger partial charge on any atom is 0.256 e. The largest absolute Gasteiger partial charge is 0.353 e. The van der Waals surface area contributed by atoms with E-state index >= 15 is 0 Å². The molecule has 2 N–H and O–H groups in total. The molecular weight excluding hydrogens is 412 g/mol. The molecule has 1 aliphatic heterocycles. The van der Waals surface area contributed by atoms with Crippen LogP contribution in [0.3, 0.4) is 0 Å². The van der Waals surface area contributed by atoms with Crippen molar-refractivity contribution < 1.29 is 4.79 Å². The molecular formula is C28H28N2OS. The molecule has 0 saturated carbocycles. The second-order valence-corrected chi connectivity index (χ2v) is 11.4. The Morgan fingerprint density at radius 2 is 1.59 bits per heavy atom. The lowest BCUT2D eigenvalue weighted by atomic mass is 9.72. The van der Waals surface area contributed by atoms with Gasteiger partial charge in [0, 0.05) is 10.4 Å². The SMILES string of the molecule is CC(C)(C)[C@H]1CCc2c(sc3c2C(=O)N[C@@H](c2c4ccccc4cc4ccccc24)N3)C1. The second-order valence-electron chi connectivity index (χ2n) is 10.3. The Morgan fingerprint density at radius 3 is 2.25 bits per heavy atom. The summed E-state index contributed by atoms with van der Waals surface area (Å²) in [6.07, 6.45) is 2.99. The van der Waals surface area contributed by atoms with Crippen molar-refractivity contribution in [1.29, 1.82) is 0 Å². The highest BCUT2D eigenvalue weighted by Crippen LogP contribution is 2.46. The van der Waals surface area contributed by atoms with Gasteiger partial charge in [-0.3, -0.25) is 4.79 Å². The van der Waals surface area contributed by atoms with Gasteiger partial charge in [0.2, 0.25) is 0 Å². The first-order chi connectivity index (χ1) is 15.4. The van der Waals surface area contributed by atoms with Crippen LogP contribution in [0.1, 0.15) is 59.7 Å². The van der Waals surface area contributed by atoms with Crippen molar-refractivity contribution in [3.63, 3.8) is 0 Å². The van der Waals surface area contributed by atoms with Crippen LogP contribution in [-0.2, 0) is 12.8 Å². The van der Waals surface area contributed by atoms with Gasteiger partial charge < -0.3 is 10.6 Å². The molecule has 1 aromatic heterocycles. The van der Waals surface area contributed by atoms with E-state index in [1.54, 1.807) is 11.3 Å². The summed E-state index contributed by atoms with van der Waals surface area (Å²) in [7, 11) is 0. The summed E-state index contributed by atoms with van der Waals surface area (Å²) < 4.78 is 0. The summed E-state index contributed by atoms with van der Waals surface area (Å²) in [6.45, 7) is 7.01. The predicted molar refractivity (Wildman–Crippen MR) is 135 cm³/mol. The molecule has 6 rings (SSSR count). The Hall–Kier alpha value is -2.85. The highest BCUT2D eigenvalue weighted by molar-refractivity contribution is 7.16. The summed E-state index contributed by atoms with van der Waals surface area (Å²) in [4.78, 5) is 14.8. The number of rotatable bonds is 1. The molecule has 3 aromatic carbocycles. The van der Waals surface area contributed by atoms with E-state index in [9.17, 15) is 4.79 Å². The van der Waals surface area contributed by atoms with Crippen LogP contribution < -0.4 is 10.6 Å². The molecule has 2 atom stereocenters. The zero-order valence-electron chi connectivity index (χ0n) is 18.8. The zero-order chi connectivity index (χ0) is 22.0. The van der Waals surface area contributed by atoms with Gasteiger partial charge in [0.1, 0.15) is 11.2 Å². The number of amides is 1. The number of thiophene rings is 1. The Bertz CT molecular complexity index is 1320. The first-order valence-corrected chi connectivity index (χ1v) is 12.3. The third-order valence-electron chi connectivity index (χ3n) is 7.37. The first-order valence-electron chi connectivity index (χ1n) is 11.5. The summed E-state index contributed by atoms with van der Waals surface area (Å²) in [6, 6.07) is 19.2. The van der Waals surface area contributed by atoms with Crippen LogP contribution >= 0.6 is 11.3 Å². The zero-order valence-corrected chi connectivity index (χ0v) is 19.6. The number of fused-ring (bicyclic) bond motifs is 5. The molecule has 0 spiro atoms. The van der Waals surface area contributed by atoms with Gasteiger partial charge in [-0.2, -0.15) is 0 Å². The van der Waals surface area contributed by atoms with Crippen molar-refractivity contribution in [1.82, 2.24) is 5.32 Å². The van der Waals surface area contributed by atoms with E-state index in [4.69, 9.17) is 0 Å². The average Bonchev–Trinajstić information content (AvgIpc) is 3.15. The van der Waals surface area contributed by atoms with E-state index in [-0.39, 0.29) is 12.1 Å². The Balaban J connectivity index is 1.46. The van der Waals surface area contributed by atoms with Crippen molar-refractivity contribution in [2.24, 2.45) is 11.3 Å². The number of anilines is 1. The van der Waals surface area contributed by atoms with Crippen molar-refractivity contribution >= 4 is 43.8 Å². The lowest BCUT2D eigenvalue weighted by Gasteiger charge is -2.34. The van der Waals surface area contributed by atoms with Crippen LogP contribution in [0, 0.1) is 11.3 Å². The van der Waals surface area contributed by atoms with E-state index in [0.717, 1.165) is 35.4 Å². The fraction of sp³-hybridized carbons (Fsp3) is 0.321. The van der Waals surface area contributed by atoms with Crippen LogP contribution in [0.4, 0.5) is 5.00 Å². The first kappa shape index (κ1) is 19.8. The maximum atomic E-state index is 13.4. The van der Waals surface area contributed by atoms with Crippen LogP contribution in [0.15, 0.2) is 54.6 Å². The summed E-state index contributed by atoms with van der Waals surface area (Å²) in [5.41, 5.74) is 3.61. The smallest absolute Gasteiger partial charge is 0.256 e. The van der Waals surface area contributed by atoms with Crippen LogP contribution in [-0.4, -0.2) is 5.91 Å². The lowest BCUT2D eigenvalue weighted by molar-refractivity contribution is 0.0935. The van der Waals surface area contributed by atoms with Gasteiger partial charge in [-0.15, -0.1) is 11.3 Å². The number of hydrogen-bond donors (Lipinski definition) is 2. The molecule has 0 unspecified atom stereocenters. The number of carbonyl (C=O) groups excluding carboxylic acids is 1. The monoisotopic (exact) mass is 440 g/mol. The van der Waals surface area contributed by atoms with Gasteiger partial charge in [0.25, 0.3) is 5.91 Å². The molecule has 4 heteroatoms. The quantitative estimate of drug-likeness (QED) is 0.311. The van der Waals surface area contributed by atoms with Crippen molar-refractivity contribution in [2.45, 2.75) is 46.2 Å². The fourth-order valence-electron chi connectivity index (χ4n) is 5.54. The number of benzene rings is 3. The molecule has 0 fully saturated rings. The van der Waals surface area contributed by atoms with Crippen molar-refractivity contribution in [3.8, 4) is 0 Å². The Kier molecular flexibility index (Phi) is 4.38. The summed E-state index contributed by atoms with van der Waals surface area (Å²) in [5, 5.41) is 12.8. The molecule has 1 aliphatic carbocycles. The van der Waals surface area contributed by atoms with Gasteiger partial charge in [-0.1, -0.05) is 69.3 Å². The molecule has 4 aromatic rings. The lowest BCUT2D eigenvalue weighted by Crippen LogP contribution is -2.38. The molecule has 0 radical (unpaired) electrons. The Labute approximate surface area is 192 Å². The molecule has 1 amide bonds. The summed E-state index contributed by atoms with van der Waals surface area (Å²) in [5.74, 6) is 0.725. The van der Waals surface area contributed by atoms with Crippen LogP contribution in [0.2, 0.25) is 0 Å². The fourth-order valence-corrected chi connectivity index (χ4v) is 6.89. The summed E-state index contributed by atoms with van der Waals surface area (Å²) >= 11 is 1.80. The van der Waals surface area contributed by atoms with Crippen molar-refractivity contribution in [3.05, 3.63) is 76.2 Å². The second kappa shape index (κ2) is 7.08. The highest BCUT2D eigenvalue weighted by Gasteiger charge is 2.37. The molecule has 162 valence electrons. The maximum absolute atomic E-state index is 13.4. The van der Waals surface area contributed by atoms with Gasteiger partial charge in [0.05, 0.1) is 5.56 Å². The van der Waals surface area contributed by atoms with Crippen molar-refractivity contribution in [2.75, 3.05) is 5.32 Å². The third-order valence-corrected chi connectivity index (χ3v) is 8.56. The number of carbonyl (C=O) groups is 1. The average molecular weight is 441 g/mol. The number of hydrogen-bond acceptors (Lipinski definition) is 3. The Morgan fingerprint density at radius 1 is 0.938 bits per heavy atom. The molecule has 32 heavy (non-hydrogen) atoms. The van der Waals surface area contributed by atoms with Gasteiger partial charge in [-0.05, 0) is 63.8 Å². The van der Waals surface area contributed by atoms with Crippen LogP contribution in [0.25, 0.3) is 21.5 Å².